The number of sulfone groups is 1. The molecule has 1 aliphatic rings. The van der Waals surface area contributed by atoms with Gasteiger partial charge in [0.05, 0.1) is 54.1 Å². The fourth-order valence-electron chi connectivity index (χ4n) is 5.15. The van der Waals surface area contributed by atoms with Gasteiger partial charge in [0.2, 0.25) is 0 Å². The summed E-state index contributed by atoms with van der Waals surface area (Å²) in [5.74, 6) is 1.09. The van der Waals surface area contributed by atoms with E-state index in [1.807, 2.05) is 56.3 Å². The van der Waals surface area contributed by atoms with E-state index in [1.54, 1.807) is 35.9 Å². The molecule has 0 saturated carbocycles. The van der Waals surface area contributed by atoms with E-state index in [0.29, 0.717) is 59.0 Å². The molecule has 9 nitrogen and oxygen atoms in total. The van der Waals surface area contributed by atoms with Gasteiger partial charge < -0.3 is 14.4 Å². The van der Waals surface area contributed by atoms with Crippen molar-refractivity contribution >= 4 is 26.8 Å². The van der Waals surface area contributed by atoms with Crippen LogP contribution in [0.4, 0.5) is 0 Å². The van der Waals surface area contributed by atoms with Crippen molar-refractivity contribution in [1.82, 2.24) is 19.7 Å². The third-order valence-electron chi connectivity index (χ3n) is 7.19. The summed E-state index contributed by atoms with van der Waals surface area (Å²) in [6.45, 7) is 4.76. The van der Waals surface area contributed by atoms with Gasteiger partial charge in [-0.15, -0.1) is 0 Å². The predicted molar refractivity (Wildman–Crippen MR) is 150 cm³/mol. The van der Waals surface area contributed by atoms with Gasteiger partial charge in [-0.2, -0.15) is 5.10 Å². The zero-order valence-electron chi connectivity index (χ0n) is 22.5. The number of amides is 1. The maximum Gasteiger partial charge on any atom is 0.255 e. The molecule has 1 saturated heterocycles. The van der Waals surface area contributed by atoms with Crippen LogP contribution in [0.3, 0.4) is 0 Å². The lowest BCUT2D eigenvalue weighted by Crippen LogP contribution is -2.30. The number of fused-ring (bicyclic) bond motifs is 1. The van der Waals surface area contributed by atoms with Crippen LogP contribution in [0.2, 0.25) is 0 Å². The molecule has 2 aromatic heterocycles. The van der Waals surface area contributed by atoms with Gasteiger partial charge in [0.15, 0.2) is 27.0 Å². The minimum absolute atomic E-state index is 0.00383. The molecule has 1 unspecified atom stereocenters. The predicted octanol–water partition coefficient (Wildman–Crippen LogP) is 4.45. The molecular formula is C29H32N4O5S. The molecule has 0 bridgehead atoms. The van der Waals surface area contributed by atoms with E-state index in [9.17, 15) is 13.2 Å². The van der Waals surface area contributed by atoms with Crippen molar-refractivity contribution in [2.75, 3.05) is 32.3 Å². The average molecular weight is 549 g/mol. The molecule has 4 aromatic rings. The molecule has 5 rings (SSSR count). The Bertz CT molecular complexity index is 1630. The molecule has 204 valence electrons. The molecule has 10 heteroatoms. The van der Waals surface area contributed by atoms with E-state index in [1.165, 1.54) is 0 Å². The first-order valence-electron chi connectivity index (χ1n) is 12.9. The van der Waals surface area contributed by atoms with Gasteiger partial charge in [-0.1, -0.05) is 30.3 Å². The zero-order valence-corrected chi connectivity index (χ0v) is 23.4. The number of benzene rings is 2. The molecule has 0 radical (unpaired) electrons. The van der Waals surface area contributed by atoms with Crippen molar-refractivity contribution < 1.29 is 22.7 Å². The van der Waals surface area contributed by atoms with Crippen molar-refractivity contribution in [3.63, 3.8) is 0 Å². The summed E-state index contributed by atoms with van der Waals surface area (Å²) in [5, 5.41) is 5.36. The molecule has 1 aliphatic heterocycles. The Kier molecular flexibility index (Phi) is 7.31. The number of aryl methyl sites for hydroxylation is 1. The summed E-state index contributed by atoms with van der Waals surface area (Å²) >= 11 is 0. The fourth-order valence-corrected chi connectivity index (χ4v) is 6.84. The number of hydrogen-bond donors (Lipinski definition) is 0. The number of rotatable bonds is 8. The first-order chi connectivity index (χ1) is 18.7. The summed E-state index contributed by atoms with van der Waals surface area (Å²) in [4.78, 5) is 20.8. The van der Waals surface area contributed by atoms with E-state index in [4.69, 9.17) is 19.6 Å². The Morgan fingerprint density at radius 2 is 1.82 bits per heavy atom. The number of nitrogens with zero attached hydrogens (tertiary/aromatic N) is 4. The second kappa shape index (κ2) is 10.7. The normalized spacial score (nSPS) is 16.4. The third-order valence-corrected chi connectivity index (χ3v) is 8.94. The number of aromatic nitrogens is 3. The van der Waals surface area contributed by atoms with Crippen LogP contribution in [0.25, 0.3) is 22.3 Å². The Morgan fingerprint density at radius 1 is 1.08 bits per heavy atom. The van der Waals surface area contributed by atoms with Gasteiger partial charge >= 0.3 is 0 Å². The number of ether oxygens (including phenoxy) is 2. The second-order valence-corrected chi connectivity index (χ2v) is 11.9. The summed E-state index contributed by atoms with van der Waals surface area (Å²) in [6.07, 6.45) is 0.458. The highest BCUT2D eigenvalue weighted by Gasteiger charge is 2.33. The molecule has 0 N–H and O–H groups in total. The highest BCUT2D eigenvalue weighted by atomic mass is 32.2. The van der Waals surface area contributed by atoms with Crippen LogP contribution in [-0.2, 0) is 16.4 Å². The molecule has 2 aromatic carbocycles. The van der Waals surface area contributed by atoms with Crippen molar-refractivity contribution in [2.45, 2.75) is 32.9 Å². The minimum atomic E-state index is -3.15. The quantitative estimate of drug-likeness (QED) is 0.321. The molecule has 1 atom stereocenters. The molecule has 0 spiro atoms. The van der Waals surface area contributed by atoms with Crippen molar-refractivity contribution in [1.29, 1.82) is 0 Å². The van der Waals surface area contributed by atoms with Crippen LogP contribution in [-0.4, -0.2) is 66.3 Å². The Labute approximate surface area is 228 Å². The zero-order chi connectivity index (χ0) is 27.7. The molecule has 39 heavy (non-hydrogen) atoms. The molecule has 0 aliphatic carbocycles. The monoisotopic (exact) mass is 548 g/mol. The van der Waals surface area contributed by atoms with Crippen molar-refractivity contribution in [3.8, 4) is 22.8 Å². The molecule has 1 amide bonds. The number of methoxy groups -OCH3 is 2. The lowest BCUT2D eigenvalue weighted by atomic mass is 10.0. The summed E-state index contributed by atoms with van der Waals surface area (Å²) in [6, 6.07) is 16.8. The maximum atomic E-state index is 14.1. The fraction of sp³-hybridized carbons (Fsp3) is 0.345. The van der Waals surface area contributed by atoms with E-state index in [2.05, 4.69) is 0 Å². The summed E-state index contributed by atoms with van der Waals surface area (Å²) in [7, 11) is -0.0192. The lowest BCUT2D eigenvalue weighted by molar-refractivity contribution is 0.0754. The van der Waals surface area contributed by atoms with Crippen LogP contribution in [0.15, 0.2) is 54.6 Å². The van der Waals surface area contributed by atoms with Crippen molar-refractivity contribution in [3.05, 3.63) is 71.4 Å². The standard InChI is InChI=1S/C29H32N4O5S/c1-5-32(17-20-9-7-6-8-10-20)29(34)23-16-24(21-11-12-25(37-3)26(15-21)38-4)30-28-27(23)19(2)31-33(28)22-13-14-39(35,36)18-22/h6-12,15-16,22H,5,13-14,17-18H2,1-4H3. The third kappa shape index (κ3) is 5.21. The van der Waals surface area contributed by atoms with Crippen LogP contribution in [0.1, 0.15) is 41.0 Å². The Morgan fingerprint density at radius 3 is 2.46 bits per heavy atom. The van der Waals surface area contributed by atoms with Crippen LogP contribution in [0.5, 0.6) is 11.5 Å². The highest BCUT2D eigenvalue weighted by molar-refractivity contribution is 7.91. The number of hydrogen-bond acceptors (Lipinski definition) is 7. The largest absolute Gasteiger partial charge is 0.493 e. The first kappa shape index (κ1) is 26.7. The molecule has 3 heterocycles. The maximum absolute atomic E-state index is 14.1. The van der Waals surface area contributed by atoms with Gasteiger partial charge in [0.1, 0.15) is 0 Å². The van der Waals surface area contributed by atoms with Gasteiger partial charge in [-0.25, -0.2) is 18.1 Å². The van der Waals surface area contributed by atoms with Gasteiger partial charge in [-0.05, 0) is 50.1 Å². The van der Waals surface area contributed by atoms with E-state index >= 15 is 0 Å². The van der Waals surface area contributed by atoms with Gasteiger partial charge in [-0.3, -0.25) is 4.79 Å². The highest BCUT2D eigenvalue weighted by Crippen LogP contribution is 2.35. The first-order valence-corrected chi connectivity index (χ1v) is 14.7. The smallest absolute Gasteiger partial charge is 0.255 e. The van der Waals surface area contributed by atoms with E-state index < -0.39 is 9.84 Å². The molecular weight excluding hydrogens is 516 g/mol. The molecule has 1 fully saturated rings. The second-order valence-electron chi connectivity index (χ2n) is 9.72. The lowest BCUT2D eigenvalue weighted by Gasteiger charge is -2.22. The average Bonchev–Trinajstić information content (AvgIpc) is 3.49. The van der Waals surface area contributed by atoms with Gasteiger partial charge in [0.25, 0.3) is 5.91 Å². The van der Waals surface area contributed by atoms with E-state index in [0.717, 1.165) is 11.1 Å². The number of carbonyl (C=O) groups excluding carboxylic acids is 1. The van der Waals surface area contributed by atoms with Gasteiger partial charge in [0, 0.05) is 18.7 Å². The minimum Gasteiger partial charge on any atom is -0.493 e. The van der Waals surface area contributed by atoms with Crippen LogP contribution in [0, 0.1) is 6.92 Å². The number of pyridine rings is 1. The summed E-state index contributed by atoms with van der Waals surface area (Å²) < 4.78 is 37.2. The van der Waals surface area contributed by atoms with E-state index in [-0.39, 0.29) is 23.5 Å². The Hall–Kier alpha value is -3.92. The number of carbonyl (C=O) groups is 1. The Balaban J connectivity index is 1.69. The van der Waals surface area contributed by atoms with Crippen LogP contribution < -0.4 is 9.47 Å². The van der Waals surface area contributed by atoms with Crippen LogP contribution >= 0.6 is 0 Å². The topological polar surface area (TPSA) is 104 Å². The SMILES string of the molecule is CCN(Cc1ccccc1)C(=O)c1cc(-c2ccc(OC)c(OC)c2)nc2c1c(C)nn2C1CCS(=O)(=O)C1. The summed E-state index contributed by atoms with van der Waals surface area (Å²) in [5.41, 5.74) is 3.94. The van der Waals surface area contributed by atoms with Crippen molar-refractivity contribution in [2.24, 2.45) is 0 Å².